The third kappa shape index (κ3) is 4.92. The minimum absolute atomic E-state index is 0.179. The standard InChI is InChI=1S/C12H14BrClFNO2/c1-18-7-11(2-3-14)16-12(17)8-4-9(13)6-10(15)5-8/h4-6,11H,2-3,7H2,1H3,(H,16,17). The molecule has 18 heavy (non-hydrogen) atoms. The van der Waals surface area contributed by atoms with Gasteiger partial charge in [0.1, 0.15) is 5.82 Å². The highest BCUT2D eigenvalue weighted by atomic mass is 79.9. The van der Waals surface area contributed by atoms with Crippen LogP contribution in [0.5, 0.6) is 0 Å². The number of rotatable bonds is 6. The van der Waals surface area contributed by atoms with E-state index >= 15 is 0 Å². The minimum Gasteiger partial charge on any atom is -0.383 e. The van der Waals surface area contributed by atoms with E-state index in [1.807, 2.05) is 0 Å². The first-order valence-electron chi connectivity index (χ1n) is 5.38. The predicted octanol–water partition coefficient (Wildman–Crippen LogP) is 2.96. The van der Waals surface area contributed by atoms with E-state index in [2.05, 4.69) is 21.2 Å². The zero-order chi connectivity index (χ0) is 13.5. The van der Waals surface area contributed by atoms with Crippen LogP contribution >= 0.6 is 27.5 Å². The van der Waals surface area contributed by atoms with Gasteiger partial charge < -0.3 is 10.1 Å². The van der Waals surface area contributed by atoms with Crippen molar-refractivity contribution in [1.29, 1.82) is 0 Å². The number of halogens is 3. The van der Waals surface area contributed by atoms with Crippen molar-refractivity contribution < 1.29 is 13.9 Å². The van der Waals surface area contributed by atoms with Gasteiger partial charge >= 0.3 is 0 Å². The highest BCUT2D eigenvalue weighted by Crippen LogP contribution is 2.15. The normalized spacial score (nSPS) is 12.2. The Balaban J connectivity index is 2.73. The SMILES string of the molecule is COCC(CCCl)NC(=O)c1cc(F)cc(Br)c1. The Kier molecular flexibility index (Phi) is 6.60. The number of methoxy groups -OCH3 is 1. The second-order valence-corrected chi connectivity index (χ2v) is 5.06. The van der Waals surface area contributed by atoms with Crippen molar-refractivity contribution in [2.24, 2.45) is 0 Å². The second-order valence-electron chi connectivity index (χ2n) is 3.76. The van der Waals surface area contributed by atoms with E-state index in [9.17, 15) is 9.18 Å². The van der Waals surface area contributed by atoms with Crippen LogP contribution in [0.1, 0.15) is 16.8 Å². The van der Waals surface area contributed by atoms with Gasteiger partial charge in [-0.05, 0) is 24.6 Å². The van der Waals surface area contributed by atoms with Crippen molar-refractivity contribution in [3.63, 3.8) is 0 Å². The minimum atomic E-state index is -0.463. The zero-order valence-electron chi connectivity index (χ0n) is 9.88. The predicted molar refractivity (Wildman–Crippen MR) is 72.6 cm³/mol. The fourth-order valence-corrected chi connectivity index (χ4v) is 2.21. The first-order valence-corrected chi connectivity index (χ1v) is 6.71. The summed E-state index contributed by atoms with van der Waals surface area (Å²) >= 11 is 8.78. The smallest absolute Gasteiger partial charge is 0.251 e. The van der Waals surface area contributed by atoms with E-state index in [0.717, 1.165) is 0 Å². The molecule has 3 nitrogen and oxygen atoms in total. The molecule has 1 amide bonds. The van der Waals surface area contributed by atoms with Crippen LogP contribution in [0.25, 0.3) is 0 Å². The number of ether oxygens (including phenoxy) is 1. The lowest BCUT2D eigenvalue weighted by Gasteiger charge is -2.16. The number of amides is 1. The number of hydrogen-bond donors (Lipinski definition) is 1. The van der Waals surface area contributed by atoms with Crippen LogP contribution in [0, 0.1) is 5.82 Å². The molecule has 1 atom stereocenters. The maximum atomic E-state index is 13.2. The van der Waals surface area contributed by atoms with Gasteiger partial charge in [-0.25, -0.2) is 4.39 Å². The Morgan fingerprint density at radius 1 is 1.56 bits per heavy atom. The van der Waals surface area contributed by atoms with Crippen molar-refractivity contribution in [2.45, 2.75) is 12.5 Å². The average molecular weight is 339 g/mol. The van der Waals surface area contributed by atoms with Crippen molar-refractivity contribution in [1.82, 2.24) is 5.32 Å². The lowest BCUT2D eigenvalue weighted by Crippen LogP contribution is -2.38. The monoisotopic (exact) mass is 337 g/mol. The number of alkyl halides is 1. The molecule has 0 heterocycles. The van der Waals surface area contributed by atoms with Crippen molar-refractivity contribution >= 4 is 33.4 Å². The van der Waals surface area contributed by atoms with E-state index in [4.69, 9.17) is 16.3 Å². The summed E-state index contributed by atoms with van der Waals surface area (Å²) in [5.74, 6) is -0.390. The summed E-state index contributed by atoms with van der Waals surface area (Å²) in [4.78, 5) is 11.9. The molecule has 0 aromatic heterocycles. The van der Waals surface area contributed by atoms with Gasteiger partial charge in [-0.15, -0.1) is 11.6 Å². The topological polar surface area (TPSA) is 38.3 Å². The number of benzene rings is 1. The molecule has 1 unspecified atom stereocenters. The summed E-state index contributed by atoms with van der Waals surface area (Å²) in [7, 11) is 1.55. The molecule has 0 aliphatic carbocycles. The molecule has 0 saturated heterocycles. The van der Waals surface area contributed by atoms with Crippen LogP contribution in [-0.2, 0) is 4.74 Å². The van der Waals surface area contributed by atoms with Gasteiger partial charge in [-0.1, -0.05) is 15.9 Å². The largest absolute Gasteiger partial charge is 0.383 e. The van der Waals surface area contributed by atoms with E-state index in [0.29, 0.717) is 23.4 Å². The molecule has 0 saturated carbocycles. The lowest BCUT2D eigenvalue weighted by atomic mass is 10.1. The van der Waals surface area contributed by atoms with Crippen molar-refractivity contribution in [2.75, 3.05) is 19.6 Å². The van der Waals surface area contributed by atoms with Gasteiger partial charge in [-0.2, -0.15) is 0 Å². The van der Waals surface area contributed by atoms with Gasteiger partial charge in [-0.3, -0.25) is 4.79 Å². The van der Waals surface area contributed by atoms with Crippen LogP contribution in [0.15, 0.2) is 22.7 Å². The van der Waals surface area contributed by atoms with Gasteiger partial charge in [0.2, 0.25) is 0 Å². The Hall–Kier alpha value is -0.650. The van der Waals surface area contributed by atoms with Crippen LogP contribution in [0.2, 0.25) is 0 Å². The first-order chi connectivity index (χ1) is 8.56. The molecule has 0 fully saturated rings. The summed E-state index contributed by atoms with van der Waals surface area (Å²) in [6.45, 7) is 0.370. The number of nitrogens with one attached hydrogen (secondary N) is 1. The molecule has 100 valence electrons. The molecule has 1 aromatic rings. The van der Waals surface area contributed by atoms with E-state index in [-0.39, 0.29) is 17.5 Å². The lowest BCUT2D eigenvalue weighted by molar-refractivity contribution is 0.0894. The molecule has 1 rings (SSSR count). The Morgan fingerprint density at radius 2 is 2.28 bits per heavy atom. The maximum absolute atomic E-state index is 13.2. The molecule has 1 aromatic carbocycles. The van der Waals surface area contributed by atoms with E-state index in [1.54, 1.807) is 13.2 Å². The molecule has 0 aliphatic heterocycles. The number of carbonyl (C=O) groups excluding carboxylic acids is 1. The maximum Gasteiger partial charge on any atom is 0.251 e. The molecular weight excluding hydrogens is 324 g/mol. The third-order valence-electron chi connectivity index (χ3n) is 2.29. The van der Waals surface area contributed by atoms with Gasteiger partial charge in [0.05, 0.1) is 12.6 Å². The molecule has 0 bridgehead atoms. The summed E-state index contributed by atoms with van der Waals surface area (Å²) in [5, 5.41) is 2.75. The van der Waals surface area contributed by atoms with E-state index < -0.39 is 5.82 Å². The Labute approximate surface area is 119 Å². The van der Waals surface area contributed by atoms with Gasteiger partial charge in [0.25, 0.3) is 5.91 Å². The molecule has 0 radical (unpaired) electrons. The second kappa shape index (κ2) is 7.71. The van der Waals surface area contributed by atoms with Crippen molar-refractivity contribution in [3.8, 4) is 0 Å². The Morgan fingerprint density at radius 3 is 2.83 bits per heavy atom. The number of carbonyl (C=O) groups is 1. The summed E-state index contributed by atoms with van der Waals surface area (Å²) in [6, 6.07) is 3.86. The van der Waals surface area contributed by atoms with Gasteiger partial charge in [0, 0.05) is 23.0 Å². The fourth-order valence-electron chi connectivity index (χ4n) is 1.48. The number of hydrogen-bond acceptors (Lipinski definition) is 2. The quantitative estimate of drug-likeness (QED) is 0.810. The third-order valence-corrected chi connectivity index (χ3v) is 2.96. The van der Waals surface area contributed by atoms with Crippen LogP contribution in [-0.4, -0.2) is 31.5 Å². The van der Waals surface area contributed by atoms with Gasteiger partial charge in [0.15, 0.2) is 0 Å². The molecule has 1 N–H and O–H groups in total. The highest BCUT2D eigenvalue weighted by molar-refractivity contribution is 9.10. The molecule has 0 aliphatic rings. The summed E-state index contributed by atoms with van der Waals surface area (Å²) in [6.07, 6.45) is 0.595. The average Bonchev–Trinajstić information content (AvgIpc) is 2.28. The summed E-state index contributed by atoms with van der Waals surface area (Å²) in [5.41, 5.74) is 0.262. The van der Waals surface area contributed by atoms with Crippen LogP contribution in [0.4, 0.5) is 4.39 Å². The summed E-state index contributed by atoms with van der Waals surface area (Å²) < 4.78 is 18.7. The Bertz CT molecular complexity index is 391. The first kappa shape index (κ1) is 15.4. The molecule has 6 heteroatoms. The van der Waals surface area contributed by atoms with Crippen LogP contribution < -0.4 is 5.32 Å². The van der Waals surface area contributed by atoms with E-state index in [1.165, 1.54) is 12.1 Å². The molecular formula is C12H14BrClFNO2. The highest BCUT2D eigenvalue weighted by Gasteiger charge is 2.14. The van der Waals surface area contributed by atoms with Crippen LogP contribution in [0.3, 0.4) is 0 Å². The fraction of sp³-hybridized carbons (Fsp3) is 0.417. The zero-order valence-corrected chi connectivity index (χ0v) is 12.2. The molecule has 0 spiro atoms. The van der Waals surface area contributed by atoms with Crippen molar-refractivity contribution in [3.05, 3.63) is 34.1 Å².